The zero-order valence-electron chi connectivity index (χ0n) is 21.6. The van der Waals surface area contributed by atoms with Crippen LogP contribution < -0.4 is 0 Å². The van der Waals surface area contributed by atoms with E-state index in [1.54, 1.807) is 20.8 Å². The quantitative estimate of drug-likeness (QED) is 0.529. The van der Waals surface area contributed by atoms with Gasteiger partial charge in [-0.2, -0.15) is 0 Å². The molecule has 35 heavy (non-hydrogen) atoms. The smallest absolute Gasteiger partial charge is 0.306 e. The molecule has 0 radical (unpaired) electrons. The number of aliphatic hydroxyl groups is 1. The van der Waals surface area contributed by atoms with E-state index in [4.69, 9.17) is 11.3 Å². The number of alkyl halides is 3. The molecule has 0 heterocycles. The first-order valence-electron chi connectivity index (χ1n) is 12.6. The van der Waals surface area contributed by atoms with E-state index in [0.717, 1.165) is 6.08 Å². The maximum absolute atomic E-state index is 17.6. The van der Waals surface area contributed by atoms with Gasteiger partial charge in [0.1, 0.15) is 11.7 Å². The lowest BCUT2D eigenvalue weighted by Gasteiger charge is -2.63. The second-order valence-electron chi connectivity index (χ2n) is 11.0. The number of rotatable bonds is 5. The number of ether oxygens (including phenoxy) is 1. The second-order valence-corrected chi connectivity index (χ2v) is 12.2. The van der Waals surface area contributed by atoms with Gasteiger partial charge in [0.05, 0.1) is 6.10 Å². The monoisotopic (exact) mass is 515 g/mol. The Hall–Kier alpha value is -1.61. The Morgan fingerprint density at radius 1 is 1.34 bits per heavy atom. The van der Waals surface area contributed by atoms with Crippen LogP contribution in [0.5, 0.6) is 0 Å². The Morgan fingerprint density at radius 2 is 2.03 bits per heavy atom. The molecule has 9 heteroatoms. The van der Waals surface area contributed by atoms with Gasteiger partial charge in [0.15, 0.2) is 17.1 Å². The molecule has 10 atom stereocenters. The number of halogens is 3. The van der Waals surface area contributed by atoms with Crippen LogP contribution >= 0.6 is 11.8 Å². The minimum absolute atomic E-state index is 0.0204. The van der Waals surface area contributed by atoms with Crippen LogP contribution in [0, 0.1) is 28.6 Å². The molecule has 3 fully saturated rings. The highest BCUT2D eigenvalue weighted by Gasteiger charge is 2.78. The number of carbonyl (C=O) groups is 3. The van der Waals surface area contributed by atoms with Crippen molar-refractivity contribution >= 4 is 28.6 Å². The summed E-state index contributed by atoms with van der Waals surface area (Å²) in [6.45, 7) is 7.71. The van der Waals surface area contributed by atoms with E-state index in [1.165, 1.54) is 26.0 Å². The normalized spacial score (nSPS) is 47.7. The van der Waals surface area contributed by atoms with Gasteiger partial charge >= 0.3 is 5.97 Å². The van der Waals surface area contributed by atoms with Crippen molar-refractivity contribution in [2.24, 2.45) is 28.6 Å². The Labute approximate surface area is 209 Å². The van der Waals surface area contributed by atoms with Crippen molar-refractivity contribution in [2.75, 3.05) is 0 Å². The van der Waals surface area contributed by atoms with Gasteiger partial charge in [-0.05, 0) is 68.5 Å². The van der Waals surface area contributed by atoms with Crippen molar-refractivity contribution in [3.05, 3.63) is 23.8 Å². The molecule has 194 valence electrons. The average molecular weight is 516 g/mol. The van der Waals surface area contributed by atoms with Gasteiger partial charge in [-0.1, -0.05) is 26.8 Å². The Balaban J connectivity index is 1.90. The third-order valence-corrected chi connectivity index (χ3v) is 10.1. The summed E-state index contributed by atoms with van der Waals surface area (Å²) in [7, 11) is 0. The van der Waals surface area contributed by atoms with Gasteiger partial charge in [0.25, 0.3) is 0 Å². The van der Waals surface area contributed by atoms with Gasteiger partial charge in [-0.15, -0.1) is 0 Å². The maximum Gasteiger partial charge on any atom is 0.306 e. The molecule has 4 rings (SSSR count). The molecule has 5 nitrogen and oxygen atoms in total. The highest BCUT2D eigenvalue weighted by Crippen LogP contribution is 2.72. The summed E-state index contributed by atoms with van der Waals surface area (Å²) in [6, 6.07) is 0. The Bertz CT molecular complexity index is 1040. The molecule has 0 aromatic carbocycles. The van der Waals surface area contributed by atoms with Crippen molar-refractivity contribution in [1.29, 1.82) is 1.43 Å². The van der Waals surface area contributed by atoms with Crippen LogP contribution in [0.15, 0.2) is 23.8 Å². The molecule has 0 amide bonds. The Kier molecular flexibility index (Phi) is 6.06. The van der Waals surface area contributed by atoms with Crippen LogP contribution in [-0.2, 0) is 19.1 Å². The van der Waals surface area contributed by atoms with Gasteiger partial charge in [-0.25, -0.2) is 13.2 Å². The Morgan fingerprint density at radius 3 is 2.63 bits per heavy atom. The number of carbonyl (C=O) groups excluding carboxylic acids is 3. The molecule has 3 saturated carbocycles. The molecule has 0 saturated heterocycles. The van der Waals surface area contributed by atoms with Gasteiger partial charge in [0.2, 0.25) is 6.55 Å². The highest BCUT2D eigenvalue weighted by atomic mass is 32.2. The molecule has 0 bridgehead atoms. The number of ketones is 1. The summed E-state index contributed by atoms with van der Waals surface area (Å²) in [5, 5.41) is 4.34. The minimum atomic E-state index is -2.27. The number of esters is 1. The predicted molar refractivity (Wildman–Crippen MR) is 125 cm³/mol. The molecule has 0 spiro atoms. The zero-order valence-corrected chi connectivity index (χ0v) is 21.4. The number of fused-ring (bicyclic) bond motifs is 5. The average Bonchev–Trinajstić information content (AvgIpc) is 3.03. The van der Waals surface area contributed by atoms with E-state index in [0.29, 0.717) is 11.8 Å². The van der Waals surface area contributed by atoms with E-state index in [-0.39, 0.29) is 31.3 Å². The highest BCUT2D eigenvalue weighted by molar-refractivity contribution is 8.14. The molecule has 2 unspecified atom stereocenters. The summed E-state index contributed by atoms with van der Waals surface area (Å²) >= 11 is 0.420. The lowest BCUT2D eigenvalue weighted by Crippen LogP contribution is -2.70. The summed E-state index contributed by atoms with van der Waals surface area (Å²) in [5.74, 6) is -3.33. The van der Waals surface area contributed by atoms with Crippen LogP contribution in [0.4, 0.5) is 13.2 Å². The molecule has 4 aliphatic rings. The lowest BCUT2D eigenvalue weighted by atomic mass is 9.44. The number of allylic oxidation sites excluding steroid dienone is 4. The third-order valence-electron chi connectivity index (χ3n) is 9.28. The predicted octanol–water partition coefficient (Wildman–Crippen LogP) is 4.82. The van der Waals surface area contributed by atoms with E-state index < -0.39 is 74.5 Å². The van der Waals surface area contributed by atoms with E-state index >= 15 is 8.78 Å². The summed E-state index contributed by atoms with van der Waals surface area (Å²) < 4.78 is 61.0. The van der Waals surface area contributed by atoms with Crippen LogP contribution in [0.2, 0.25) is 0 Å². The molecule has 0 aromatic rings. The van der Waals surface area contributed by atoms with Crippen molar-refractivity contribution in [2.45, 2.75) is 89.4 Å². The van der Waals surface area contributed by atoms with Crippen LogP contribution in [0.25, 0.3) is 0 Å². The molecule has 4 aliphatic carbocycles. The summed E-state index contributed by atoms with van der Waals surface area (Å²) in [5.41, 5.74) is -8.40. The van der Waals surface area contributed by atoms with E-state index in [9.17, 15) is 18.8 Å². The fourth-order valence-corrected chi connectivity index (χ4v) is 8.61. The van der Waals surface area contributed by atoms with E-state index in [2.05, 4.69) is 0 Å². The number of thioether (sulfide) groups is 1. The molecular formula is C26H33F3O5S. The lowest BCUT2D eigenvalue weighted by molar-refractivity contribution is -0.228. The van der Waals surface area contributed by atoms with Gasteiger partial charge in [-0.3, -0.25) is 14.4 Å². The first kappa shape index (κ1) is 25.1. The fraction of sp³-hybridized carbons (Fsp3) is 0.731. The standard InChI is InChI=1S/C26H33F3O5S/c1-6-21(32)34-26(22(33)35-14(3)27)13(2)9-16-17-11-19(28)18-10-15(30)7-8-23(18,4)25(17,29)20(31)12-24(16,26)5/h7-8,10,13-14,16-17,19-20,31H,6,9,11-12H2,1-5H3/t13-,14?,16+,17?,19+,20+,23+,24+,25+,26+/m1/s1/i31D. The van der Waals surface area contributed by atoms with Crippen molar-refractivity contribution in [3.8, 4) is 0 Å². The summed E-state index contributed by atoms with van der Waals surface area (Å²) in [4.78, 5) is 38.3. The number of hydrogen-bond donors (Lipinski definition) is 1. The van der Waals surface area contributed by atoms with Crippen LogP contribution in [0.3, 0.4) is 0 Å². The van der Waals surface area contributed by atoms with Crippen molar-refractivity contribution in [1.82, 2.24) is 0 Å². The minimum Gasteiger partial charge on any atom is -0.449 e. The van der Waals surface area contributed by atoms with Crippen LogP contribution in [-0.4, -0.2) is 52.5 Å². The fourth-order valence-electron chi connectivity index (χ4n) is 7.67. The SMILES string of the molecule is [2H]O[C@H]1C[C@@]2(C)[C@@H](C[C@@H](C)[C@]2(OC(=O)CC)C(=O)SC(C)F)C2C[C@H](F)C3=CC(=O)C=C[C@]3(C)[C@]21F. The molecule has 0 aromatic heterocycles. The zero-order chi connectivity index (χ0) is 26.8. The van der Waals surface area contributed by atoms with Gasteiger partial charge in [0, 0.05) is 29.1 Å². The van der Waals surface area contributed by atoms with E-state index in [1.807, 2.05) is 0 Å². The second kappa shape index (κ2) is 8.47. The third kappa shape index (κ3) is 3.36. The molecular weight excluding hydrogens is 481 g/mol. The van der Waals surface area contributed by atoms with Gasteiger partial charge < -0.3 is 9.85 Å². The molecule has 0 aliphatic heterocycles. The molecule has 1 N–H and O–H groups in total. The first-order valence-corrected chi connectivity index (χ1v) is 13.1. The summed E-state index contributed by atoms with van der Waals surface area (Å²) in [6.07, 6.45) is 0.434. The number of hydrogen-bond acceptors (Lipinski definition) is 6. The van der Waals surface area contributed by atoms with Crippen molar-refractivity contribution < 1.29 is 37.4 Å². The topological polar surface area (TPSA) is 80.7 Å². The van der Waals surface area contributed by atoms with Crippen molar-refractivity contribution in [3.63, 3.8) is 0 Å². The first-order chi connectivity index (χ1) is 16.7. The largest absolute Gasteiger partial charge is 0.449 e. The maximum atomic E-state index is 17.6. The number of aliphatic hydroxyl groups excluding tert-OH is 1. The van der Waals surface area contributed by atoms with Crippen LogP contribution in [0.1, 0.15) is 60.3 Å².